The number of guanidine groups is 1. The summed E-state index contributed by atoms with van der Waals surface area (Å²) < 4.78 is 10.8. The van der Waals surface area contributed by atoms with Gasteiger partial charge in [-0.2, -0.15) is 5.10 Å². The maximum absolute atomic E-state index is 5.45. The van der Waals surface area contributed by atoms with E-state index >= 15 is 0 Å². The molecule has 0 radical (unpaired) electrons. The molecule has 3 rings (SSSR count). The van der Waals surface area contributed by atoms with Crippen LogP contribution in [0.4, 0.5) is 0 Å². The van der Waals surface area contributed by atoms with Gasteiger partial charge in [0.2, 0.25) is 5.82 Å². The number of nitrogens with zero attached hydrogens (tertiary/aromatic N) is 3. The van der Waals surface area contributed by atoms with Crippen molar-refractivity contribution in [2.75, 3.05) is 26.7 Å². The molecular formula is C21H28N6O2. The van der Waals surface area contributed by atoms with Gasteiger partial charge in [0.15, 0.2) is 11.7 Å². The number of ether oxygens (including phenoxy) is 1. The number of rotatable bonds is 9. The summed E-state index contributed by atoms with van der Waals surface area (Å²) in [7, 11) is 1.70. The van der Waals surface area contributed by atoms with E-state index in [9.17, 15) is 0 Å². The molecule has 3 aromatic rings. The van der Waals surface area contributed by atoms with Crippen LogP contribution in [0, 0.1) is 6.92 Å². The zero-order chi connectivity index (χ0) is 20.5. The largest absolute Gasteiger partial charge is 0.496 e. The van der Waals surface area contributed by atoms with Gasteiger partial charge in [-0.1, -0.05) is 17.7 Å². The van der Waals surface area contributed by atoms with Gasteiger partial charge in [0.05, 0.1) is 13.4 Å². The van der Waals surface area contributed by atoms with Crippen molar-refractivity contribution in [3.05, 3.63) is 53.5 Å². The molecule has 0 spiro atoms. The standard InChI is InChI=1S/C21H28N6O2/c1-4-22-21(23-11-9-16-14-15(2)7-8-17(16)28-3)24-12-10-19-25-20(27-26-19)18-6-5-13-29-18/h5-8,13-14H,4,9-12H2,1-3H3,(H2,22,23,24)(H,25,26,27). The summed E-state index contributed by atoms with van der Waals surface area (Å²) in [4.78, 5) is 9.06. The van der Waals surface area contributed by atoms with E-state index in [0.29, 0.717) is 24.6 Å². The third kappa shape index (κ3) is 5.84. The van der Waals surface area contributed by atoms with Gasteiger partial charge in [0.25, 0.3) is 0 Å². The zero-order valence-corrected chi connectivity index (χ0v) is 17.2. The van der Waals surface area contributed by atoms with Gasteiger partial charge < -0.3 is 19.8 Å². The average molecular weight is 396 g/mol. The fourth-order valence-corrected chi connectivity index (χ4v) is 2.96. The molecular weight excluding hydrogens is 368 g/mol. The highest BCUT2D eigenvalue weighted by Crippen LogP contribution is 2.19. The maximum Gasteiger partial charge on any atom is 0.216 e. The number of aliphatic imine (C=N–C) groups is 1. The number of nitrogens with one attached hydrogen (secondary N) is 3. The molecule has 1 aromatic carbocycles. The van der Waals surface area contributed by atoms with E-state index in [1.54, 1.807) is 13.4 Å². The lowest BCUT2D eigenvalue weighted by Crippen LogP contribution is -2.38. The number of aromatic amines is 1. The maximum atomic E-state index is 5.45. The van der Waals surface area contributed by atoms with E-state index in [-0.39, 0.29) is 0 Å². The van der Waals surface area contributed by atoms with Crippen LogP contribution in [-0.4, -0.2) is 47.9 Å². The smallest absolute Gasteiger partial charge is 0.216 e. The minimum Gasteiger partial charge on any atom is -0.496 e. The quantitative estimate of drug-likeness (QED) is 0.380. The summed E-state index contributed by atoms with van der Waals surface area (Å²) in [6, 6.07) is 9.88. The van der Waals surface area contributed by atoms with Crippen molar-refractivity contribution in [1.82, 2.24) is 25.8 Å². The number of hydrogen-bond donors (Lipinski definition) is 3. The summed E-state index contributed by atoms with van der Waals surface area (Å²) in [6.45, 7) is 6.28. The zero-order valence-electron chi connectivity index (χ0n) is 17.2. The summed E-state index contributed by atoms with van der Waals surface area (Å²) in [5.74, 6) is 3.69. The van der Waals surface area contributed by atoms with E-state index < -0.39 is 0 Å². The van der Waals surface area contributed by atoms with Gasteiger partial charge in [0, 0.05) is 26.1 Å². The van der Waals surface area contributed by atoms with Crippen LogP contribution >= 0.6 is 0 Å². The highest BCUT2D eigenvalue weighted by molar-refractivity contribution is 5.79. The number of aryl methyl sites for hydroxylation is 1. The van der Waals surface area contributed by atoms with Crippen LogP contribution in [0.1, 0.15) is 23.9 Å². The Labute approximate surface area is 170 Å². The summed E-state index contributed by atoms with van der Waals surface area (Å²) in [6.07, 6.45) is 3.12. The third-order valence-electron chi connectivity index (χ3n) is 4.36. The molecule has 0 atom stereocenters. The second-order valence-corrected chi connectivity index (χ2v) is 6.59. The molecule has 0 aliphatic heterocycles. The Hall–Kier alpha value is -3.29. The summed E-state index contributed by atoms with van der Waals surface area (Å²) in [5, 5.41) is 13.8. The second-order valence-electron chi connectivity index (χ2n) is 6.59. The van der Waals surface area contributed by atoms with E-state index in [4.69, 9.17) is 9.15 Å². The van der Waals surface area contributed by atoms with E-state index in [1.807, 2.05) is 25.1 Å². The van der Waals surface area contributed by atoms with Crippen molar-refractivity contribution in [2.45, 2.75) is 26.7 Å². The molecule has 0 amide bonds. The van der Waals surface area contributed by atoms with Crippen LogP contribution in [0.3, 0.4) is 0 Å². The first kappa shape index (κ1) is 20.4. The minimum atomic E-state index is 0.561. The van der Waals surface area contributed by atoms with Gasteiger partial charge in [-0.15, -0.1) is 0 Å². The molecule has 154 valence electrons. The minimum absolute atomic E-state index is 0.561. The Kier molecular flexibility index (Phi) is 7.27. The molecule has 3 N–H and O–H groups in total. The van der Waals surface area contributed by atoms with Gasteiger partial charge >= 0.3 is 0 Å². The predicted octanol–water partition coefficient (Wildman–Crippen LogP) is 2.72. The van der Waals surface area contributed by atoms with Crippen LogP contribution in [0.15, 0.2) is 46.0 Å². The molecule has 0 saturated heterocycles. The lowest BCUT2D eigenvalue weighted by atomic mass is 10.1. The average Bonchev–Trinajstić information content (AvgIpc) is 3.40. The SMILES string of the molecule is CCNC(=NCCc1nc(-c2ccco2)n[nH]1)NCCc1cc(C)ccc1OC. The highest BCUT2D eigenvalue weighted by atomic mass is 16.5. The molecule has 8 heteroatoms. The van der Waals surface area contributed by atoms with Gasteiger partial charge in [0.1, 0.15) is 11.6 Å². The Morgan fingerprint density at radius 3 is 2.90 bits per heavy atom. The molecule has 0 aliphatic rings. The lowest BCUT2D eigenvalue weighted by molar-refractivity contribution is 0.409. The summed E-state index contributed by atoms with van der Waals surface area (Å²) in [5.41, 5.74) is 2.41. The first-order valence-electron chi connectivity index (χ1n) is 9.80. The fourth-order valence-electron chi connectivity index (χ4n) is 2.96. The van der Waals surface area contributed by atoms with Crippen LogP contribution in [0.5, 0.6) is 5.75 Å². The van der Waals surface area contributed by atoms with Crippen LogP contribution in [0.2, 0.25) is 0 Å². The molecule has 2 aromatic heterocycles. The Morgan fingerprint density at radius 1 is 1.24 bits per heavy atom. The lowest BCUT2D eigenvalue weighted by Gasteiger charge is -2.13. The monoisotopic (exact) mass is 396 g/mol. The van der Waals surface area contributed by atoms with Crippen molar-refractivity contribution in [2.24, 2.45) is 4.99 Å². The number of benzene rings is 1. The van der Waals surface area contributed by atoms with Crippen LogP contribution < -0.4 is 15.4 Å². The van der Waals surface area contributed by atoms with Crippen LogP contribution in [-0.2, 0) is 12.8 Å². The molecule has 0 aliphatic carbocycles. The molecule has 8 nitrogen and oxygen atoms in total. The number of furan rings is 1. The molecule has 29 heavy (non-hydrogen) atoms. The van der Waals surface area contributed by atoms with E-state index in [0.717, 1.165) is 37.0 Å². The topological polar surface area (TPSA) is 100 Å². The molecule has 0 saturated carbocycles. The predicted molar refractivity (Wildman–Crippen MR) is 113 cm³/mol. The van der Waals surface area contributed by atoms with Gasteiger partial charge in [-0.3, -0.25) is 10.1 Å². The third-order valence-corrected chi connectivity index (χ3v) is 4.36. The number of hydrogen-bond acceptors (Lipinski definition) is 5. The van der Waals surface area contributed by atoms with Crippen molar-refractivity contribution >= 4 is 5.96 Å². The van der Waals surface area contributed by atoms with E-state index in [2.05, 4.69) is 49.9 Å². The van der Waals surface area contributed by atoms with Crippen LogP contribution in [0.25, 0.3) is 11.6 Å². The molecule has 0 bridgehead atoms. The Morgan fingerprint density at radius 2 is 2.14 bits per heavy atom. The van der Waals surface area contributed by atoms with Gasteiger partial charge in [-0.25, -0.2) is 4.98 Å². The molecule has 0 unspecified atom stereocenters. The number of aromatic nitrogens is 3. The fraction of sp³-hybridized carbons (Fsp3) is 0.381. The first-order valence-corrected chi connectivity index (χ1v) is 9.80. The number of methoxy groups -OCH3 is 1. The number of H-pyrrole nitrogens is 1. The van der Waals surface area contributed by atoms with Crippen molar-refractivity contribution < 1.29 is 9.15 Å². The Balaban J connectivity index is 1.51. The highest BCUT2D eigenvalue weighted by Gasteiger charge is 2.08. The van der Waals surface area contributed by atoms with Gasteiger partial charge in [-0.05, 0) is 44.0 Å². The van der Waals surface area contributed by atoms with Crippen molar-refractivity contribution in [3.8, 4) is 17.3 Å². The normalized spacial score (nSPS) is 11.5. The second kappa shape index (κ2) is 10.3. The molecule has 2 heterocycles. The first-order chi connectivity index (χ1) is 14.2. The van der Waals surface area contributed by atoms with Crippen molar-refractivity contribution in [1.29, 1.82) is 0 Å². The molecule has 0 fully saturated rings. The van der Waals surface area contributed by atoms with E-state index in [1.165, 1.54) is 11.1 Å². The van der Waals surface area contributed by atoms with Crippen molar-refractivity contribution in [3.63, 3.8) is 0 Å². The Bertz CT molecular complexity index is 917. The summed E-state index contributed by atoms with van der Waals surface area (Å²) >= 11 is 0.